The molecule has 1 aliphatic heterocycles. The topological polar surface area (TPSA) is 74.2 Å². The fourth-order valence-corrected chi connectivity index (χ4v) is 5.39. The van der Waals surface area contributed by atoms with Gasteiger partial charge in [0.25, 0.3) is 0 Å². The highest BCUT2D eigenvalue weighted by Gasteiger charge is 2.25. The molecular weight excluding hydrogens is 451 g/mol. The summed E-state index contributed by atoms with van der Waals surface area (Å²) in [6.45, 7) is 10.1. The number of hydrogen-bond donors (Lipinski definition) is 1. The van der Waals surface area contributed by atoms with Crippen LogP contribution in [-0.4, -0.2) is 51.9 Å². The number of carbonyl (C=O) groups excluding carboxylic acids is 1. The average molecular weight is 479 g/mol. The average Bonchev–Trinajstić information content (AvgIpc) is 3.22. The Kier molecular flexibility index (Phi) is 5.81. The number of amides is 1. The first-order valence-electron chi connectivity index (χ1n) is 11.4. The van der Waals surface area contributed by atoms with Crippen LogP contribution in [0.1, 0.15) is 35.9 Å². The number of fused-ring (bicyclic) bond motifs is 2. The fourth-order valence-electron chi connectivity index (χ4n) is 4.54. The van der Waals surface area contributed by atoms with Gasteiger partial charge in [0.05, 0.1) is 16.9 Å². The highest BCUT2D eigenvalue weighted by molar-refractivity contribution is 7.18. The summed E-state index contributed by atoms with van der Waals surface area (Å²) >= 11 is 1.64. The molecule has 0 aliphatic carbocycles. The van der Waals surface area contributed by atoms with Crippen LogP contribution >= 0.6 is 11.3 Å². The van der Waals surface area contributed by atoms with Gasteiger partial charge >= 0.3 is 0 Å². The number of thiophene rings is 1. The maximum absolute atomic E-state index is 14.3. The van der Waals surface area contributed by atoms with Gasteiger partial charge < -0.3 is 15.1 Å². The lowest BCUT2D eigenvalue weighted by atomic mass is 10.0. The number of aryl methyl sites for hydroxylation is 2. The van der Waals surface area contributed by atoms with Crippen LogP contribution in [0.15, 0.2) is 30.6 Å². The van der Waals surface area contributed by atoms with Gasteiger partial charge in [-0.3, -0.25) is 4.79 Å². The summed E-state index contributed by atoms with van der Waals surface area (Å²) < 4.78 is 14.3. The van der Waals surface area contributed by atoms with Crippen LogP contribution in [0.5, 0.6) is 0 Å². The summed E-state index contributed by atoms with van der Waals surface area (Å²) in [5, 5.41) is 5.46. The van der Waals surface area contributed by atoms with Gasteiger partial charge in [-0.25, -0.2) is 19.3 Å². The smallest absolute Gasteiger partial charge is 0.219 e. The Morgan fingerprint density at radius 1 is 1.15 bits per heavy atom. The maximum Gasteiger partial charge on any atom is 0.219 e. The molecule has 1 N–H and O–H groups in total. The van der Waals surface area contributed by atoms with Gasteiger partial charge in [-0.05, 0) is 45.0 Å². The number of aromatic nitrogens is 3. The number of hydrogen-bond acceptors (Lipinski definition) is 7. The van der Waals surface area contributed by atoms with Gasteiger partial charge in [-0.1, -0.05) is 0 Å². The summed E-state index contributed by atoms with van der Waals surface area (Å²) in [4.78, 5) is 31.9. The molecule has 1 aliphatic rings. The highest BCUT2D eigenvalue weighted by Crippen LogP contribution is 2.34. The first-order valence-corrected chi connectivity index (χ1v) is 12.2. The van der Waals surface area contributed by atoms with E-state index in [0.29, 0.717) is 37.3 Å². The Labute approximate surface area is 201 Å². The van der Waals surface area contributed by atoms with Gasteiger partial charge in [-0.15, -0.1) is 11.3 Å². The van der Waals surface area contributed by atoms with E-state index < -0.39 is 0 Å². The summed E-state index contributed by atoms with van der Waals surface area (Å²) in [6.07, 6.45) is 1.58. The predicted molar refractivity (Wildman–Crippen MR) is 135 cm³/mol. The number of piperazine rings is 1. The van der Waals surface area contributed by atoms with Crippen molar-refractivity contribution in [2.75, 3.05) is 36.4 Å². The molecule has 0 saturated carbocycles. The fraction of sp³-hybridized carbons (Fsp3) is 0.360. The summed E-state index contributed by atoms with van der Waals surface area (Å²) in [5.74, 6) is 1.42. The van der Waals surface area contributed by atoms with E-state index in [9.17, 15) is 9.18 Å². The van der Waals surface area contributed by atoms with E-state index in [1.165, 1.54) is 10.9 Å². The second kappa shape index (κ2) is 8.79. The minimum absolute atomic E-state index is 0.0816. The molecule has 1 amide bonds. The van der Waals surface area contributed by atoms with Crippen LogP contribution in [0.3, 0.4) is 0 Å². The van der Waals surface area contributed by atoms with Crippen LogP contribution in [0.25, 0.3) is 21.1 Å². The second-order valence-electron chi connectivity index (χ2n) is 8.80. The Morgan fingerprint density at radius 3 is 2.65 bits per heavy atom. The molecular formula is C25H27FN6OS. The molecule has 5 rings (SSSR count). The van der Waals surface area contributed by atoms with Crippen molar-refractivity contribution < 1.29 is 9.18 Å². The van der Waals surface area contributed by atoms with Crippen molar-refractivity contribution in [3.05, 3.63) is 52.4 Å². The van der Waals surface area contributed by atoms with E-state index in [4.69, 9.17) is 4.98 Å². The highest BCUT2D eigenvalue weighted by atomic mass is 32.1. The number of benzene rings is 1. The van der Waals surface area contributed by atoms with Gasteiger partial charge in [0.1, 0.15) is 28.6 Å². The van der Waals surface area contributed by atoms with Gasteiger partial charge in [-0.2, -0.15) is 0 Å². The largest absolute Gasteiger partial charge is 0.363 e. The molecule has 4 heterocycles. The Bertz CT molecular complexity index is 1400. The third-order valence-corrected chi connectivity index (χ3v) is 7.44. The van der Waals surface area contributed by atoms with Gasteiger partial charge in [0.15, 0.2) is 0 Å². The molecule has 9 heteroatoms. The van der Waals surface area contributed by atoms with Crippen molar-refractivity contribution in [2.24, 2.45) is 0 Å². The number of carbonyl (C=O) groups is 1. The summed E-state index contributed by atoms with van der Waals surface area (Å²) in [6, 6.07) is 7.36. The molecule has 1 saturated heterocycles. The van der Waals surface area contributed by atoms with Crippen LogP contribution in [0.4, 0.5) is 16.0 Å². The number of pyridine rings is 1. The number of halogens is 1. The molecule has 176 valence electrons. The first-order chi connectivity index (χ1) is 16.3. The molecule has 34 heavy (non-hydrogen) atoms. The molecule has 0 radical (unpaired) electrons. The second-order valence-corrected chi connectivity index (χ2v) is 10.0. The predicted octanol–water partition coefficient (Wildman–Crippen LogP) is 4.84. The number of rotatable bonds is 4. The molecule has 1 aromatic carbocycles. The van der Waals surface area contributed by atoms with Crippen LogP contribution in [0, 0.1) is 19.7 Å². The molecule has 1 atom stereocenters. The van der Waals surface area contributed by atoms with E-state index in [1.54, 1.807) is 37.6 Å². The van der Waals surface area contributed by atoms with Crippen LogP contribution < -0.4 is 10.2 Å². The van der Waals surface area contributed by atoms with E-state index in [2.05, 4.69) is 46.2 Å². The van der Waals surface area contributed by atoms with Crippen molar-refractivity contribution in [1.82, 2.24) is 19.9 Å². The van der Waals surface area contributed by atoms with Crippen LogP contribution in [-0.2, 0) is 4.79 Å². The Balaban J connectivity index is 1.56. The number of nitrogens with zero attached hydrogens (tertiary/aromatic N) is 5. The van der Waals surface area contributed by atoms with Crippen molar-refractivity contribution in [1.29, 1.82) is 0 Å². The lowest BCUT2D eigenvalue weighted by Crippen LogP contribution is -2.48. The normalized spacial score (nSPS) is 15.2. The molecule has 0 unspecified atom stereocenters. The third kappa shape index (κ3) is 4.04. The Hall–Kier alpha value is -3.33. The first kappa shape index (κ1) is 22.5. The third-order valence-electron chi connectivity index (χ3n) is 6.48. The molecule has 3 aromatic heterocycles. The van der Waals surface area contributed by atoms with Crippen LogP contribution in [0.2, 0.25) is 0 Å². The van der Waals surface area contributed by atoms with Gasteiger partial charge in [0.2, 0.25) is 5.91 Å². The molecule has 7 nitrogen and oxygen atoms in total. The van der Waals surface area contributed by atoms with E-state index in [1.807, 2.05) is 4.90 Å². The lowest BCUT2D eigenvalue weighted by molar-refractivity contribution is -0.129. The maximum atomic E-state index is 14.3. The summed E-state index contributed by atoms with van der Waals surface area (Å²) in [7, 11) is 0. The molecule has 4 aromatic rings. The van der Waals surface area contributed by atoms with E-state index in [0.717, 1.165) is 32.8 Å². The zero-order valence-corrected chi connectivity index (χ0v) is 20.5. The molecule has 1 fully saturated rings. The van der Waals surface area contributed by atoms with E-state index >= 15 is 0 Å². The molecule has 0 bridgehead atoms. The monoisotopic (exact) mass is 478 g/mol. The minimum atomic E-state index is -0.262. The van der Waals surface area contributed by atoms with Crippen molar-refractivity contribution in [3.63, 3.8) is 0 Å². The SMILES string of the molecule is CC(=O)N1CCN(c2nc3c(C)c(F)ccc3cc2[C@H](C)Nc2ncnc3sc(C)cc23)CC1. The number of anilines is 2. The van der Waals surface area contributed by atoms with Crippen molar-refractivity contribution in [3.8, 4) is 0 Å². The standard InChI is InChI=1S/C25H27FN6OS/c1-14-11-20-23(27-13-28-25(20)34-14)29-16(3)19-12-18-5-6-21(26)15(2)22(18)30-24(19)32-9-7-31(8-10-32)17(4)33/h5-6,11-13,16H,7-10H2,1-4H3,(H,27,28,29)/t16-/m0/s1. The lowest BCUT2D eigenvalue weighted by Gasteiger charge is -2.36. The zero-order valence-electron chi connectivity index (χ0n) is 19.7. The van der Waals surface area contributed by atoms with E-state index in [-0.39, 0.29) is 17.8 Å². The summed E-state index contributed by atoms with van der Waals surface area (Å²) in [5.41, 5.74) is 2.21. The van der Waals surface area contributed by atoms with Crippen molar-refractivity contribution >= 4 is 50.0 Å². The van der Waals surface area contributed by atoms with Crippen molar-refractivity contribution in [2.45, 2.75) is 33.7 Å². The zero-order chi connectivity index (χ0) is 24.0. The Morgan fingerprint density at radius 2 is 1.91 bits per heavy atom. The minimum Gasteiger partial charge on any atom is -0.363 e. The molecule has 0 spiro atoms. The number of nitrogens with one attached hydrogen (secondary N) is 1. The quantitative estimate of drug-likeness (QED) is 0.453. The van der Waals surface area contributed by atoms with Gasteiger partial charge in [0, 0.05) is 54.5 Å².